The Labute approximate surface area is 210 Å². The summed E-state index contributed by atoms with van der Waals surface area (Å²) in [5, 5.41) is 6.08. The second-order valence-corrected chi connectivity index (χ2v) is 8.31. The van der Waals surface area contributed by atoms with Gasteiger partial charge >= 0.3 is 5.97 Å². The Morgan fingerprint density at radius 1 is 0.914 bits per heavy atom. The van der Waals surface area contributed by atoms with Gasteiger partial charge in [0.2, 0.25) is 0 Å². The number of ether oxygens (including phenoxy) is 3. The zero-order valence-electron chi connectivity index (χ0n) is 18.7. The topological polar surface area (TPSA) is 86.2 Å². The summed E-state index contributed by atoms with van der Waals surface area (Å²) >= 11 is 3.33. The number of nitrogens with zero attached hydrogens (tertiary/aromatic N) is 1. The molecule has 0 aliphatic rings. The first-order valence-corrected chi connectivity index (χ1v) is 11.4. The van der Waals surface area contributed by atoms with Gasteiger partial charge in [-0.2, -0.15) is 5.10 Å². The zero-order valence-corrected chi connectivity index (χ0v) is 20.3. The molecule has 4 aromatic rings. The molecule has 8 heteroatoms. The molecule has 7 nitrogen and oxygen atoms in total. The smallest absolute Gasteiger partial charge is 0.343 e. The maximum Gasteiger partial charge on any atom is 0.343 e. The molecule has 0 saturated carbocycles. The largest absolute Gasteiger partial charge is 0.493 e. The maximum atomic E-state index is 12.4. The molecule has 0 aliphatic carbocycles. The number of fused-ring (bicyclic) bond motifs is 1. The minimum absolute atomic E-state index is 0.177. The van der Waals surface area contributed by atoms with Crippen LogP contribution in [0.1, 0.15) is 15.9 Å². The minimum Gasteiger partial charge on any atom is -0.493 e. The summed E-state index contributed by atoms with van der Waals surface area (Å²) in [5.41, 5.74) is 3.48. The van der Waals surface area contributed by atoms with Gasteiger partial charge in [0.15, 0.2) is 18.1 Å². The number of carbonyl (C=O) groups is 2. The molecule has 176 valence electrons. The quantitative estimate of drug-likeness (QED) is 0.143. The van der Waals surface area contributed by atoms with Crippen LogP contribution in [0.4, 0.5) is 0 Å². The van der Waals surface area contributed by atoms with Gasteiger partial charge in [-0.25, -0.2) is 10.2 Å². The number of amides is 1. The van der Waals surface area contributed by atoms with Crippen molar-refractivity contribution < 1.29 is 23.8 Å². The normalized spacial score (nSPS) is 10.8. The average molecular weight is 533 g/mol. The van der Waals surface area contributed by atoms with E-state index >= 15 is 0 Å². The summed E-state index contributed by atoms with van der Waals surface area (Å²) in [6.45, 7) is -0.177. The predicted molar refractivity (Wildman–Crippen MR) is 137 cm³/mol. The molecule has 0 aliphatic heterocycles. The molecule has 1 N–H and O–H groups in total. The number of esters is 1. The predicted octanol–water partition coefficient (Wildman–Crippen LogP) is 5.36. The highest BCUT2D eigenvalue weighted by Gasteiger charge is 2.13. The van der Waals surface area contributed by atoms with E-state index in [9.17, 15) is 9.59 Å². The van der Waals surface area contributed by atoms with Gasteiger partial charge in [-0.05, 0) is 70.9 Å². The lowest BCUT2D eigenvalue weighted by Crippen LogP contribution is -2.24. The van der Waals surface area contributed by atoms with Crippen LogP contribution < -0.4 is 19.6 Å². The van der Waals surface area contributed by atoms with Crippen LogP contribution in [0.5, 0.6) is 17.2 Å². The molecule has 0 atom stereocenters. The summed E-state index contributed by atoms with van der Waals surface area (Å²) in [5.74, 6) is 0.314. The van der Waals surface area contributed by atoms with Crippen molar-refractivity contribution in [3.8, 4) is 17.2 Å². The lowest BCUT2D eigenvalue weighted by Gasteiger charge is -2.10. The Bertz CT molecular complexity index is 1390. The molecule has 0 unspecified atom stereocenters. The van der Waals surface area contributed by atoms with E-state index < -0.39 is 11.9 Å². The number of hydrazone groups is 1. The highest BCUT2D eigenvalue weighted by molar-refractivity contribution is 9.10. The van der Waals surface area contributed by atoms with Gasteiger partial charge < -0.3 is 14.2 Å². The minimum atomic E-state index is -0.504. The molecule has 0 spiro atoms. The standard InChI is InChI=1S/C27H21BrN2O5/c1-33-25-14-18(6-13-24(25)35-27(32)20-7-10-22(28)11-8-20)16-29-30-26(31)17-34-23-12-9-19-4-2-3-5-21(19)15-23/h2-16H,17H2,1H3,(H,30,31)/b29-16+. The third kappa shape index (κ3) is 6.45. The van der Waals surface area contributed by atoms with Crippen molar-refractivity contribution >= 4 is 44.8 Å². The Hall–Kier alpha value is -4.17. The van der Waals surface area contributed by atoms with E-state index in [1.807, 2.05) is 42.5 Å². The summed E-state index contributed by atoms with van der Waals surface area (Å²) in [6, 6.07) is 25.3. The number of halogens is 1. The third-order valence-electron chi connectivity index (χ3n) is 4.96. The Morgan fingerprint density at radius 2 is 1.69 bits per heavy atom. The Balaban J connectivity index is 1.32. The summed E-state index contributed by atoms with van der Waals surface area (Å²) in [7, 11) is 1.47. The third-order valence-corrected chi connectivity index (χ3v) is 5.49. The van der Waals surface area contributed by atoms with E-state index in [4.69, 9.17) is 14.2 Å². The molecule has 0 bridgehead atoms. The van der Waals surface area contributed by atoms with E-state index in [2.05, 4.69) is 26.5 Å². The molecule has 0 aromatic heterocycles. The van der Waals surface area contributed by atoms with Crippen LogP contribution in [0.3, 0.4) is 0 Å². The van der Waals surface area contributed by atoms with Crippen LogP contribution in [0.15, 0.2) is 94.5 Å². The van der Waals surface area contributed by atoms with Crippen molar-refractivity contribution in [3.05, 3.63) is 101 Å². The van der Waals surface area contributed by atoms with Crippen LogP contribution in [0, 0.1) is 0 Å². The van der Waals surface area contributed by atoms with Crippen molar-refractivity contribution in [3.63, 3.8) is 0 Å². The highest BCUT2D eigenvalue weighted by Crippen LogP contribution is 2.28. The number of hydrogen-bond acceptors (Lipinski definition) is 6. The Morgan fingerprint density at radius 3 is 2.46 bits per heavy atom. The zero-order chi connectivity index (χ0) is 24.6. The first-order chi connectivity index (χ1) is 17.0. The second kappa shape index (κ2) is 11.3. The van der Waals surface area contributed by atoms with Gasteiger partial charge in [0.05, 0.1) is 18.9 Å². The van der Waals surface area contributed by atoms with E-state index in [1.54, 1.807) is 42.5 Å². The number of benzene rings is 4. The van der Waals surface area contributed by atoms with E-state index in [0.717, 1.165) is 15.2 Å². The first kappa shape index (κ1) is 24.0. The molecular formula is C27H21BrN2O5. The van der Waals surface area contributed by atoms with Crippen molar-refractivity contribution in [2.75, 3.05) is 13.7 Å². The number of carbonyl (C=O) groups excluding carboxylic acids is 2. The molecule has 0 saturated heterocycles. The van der Waals surface area contributed by atoms with Gasteiger partial charge in [-0.3, -0.25) is 4.79 Å². The molecule has 35 heavy (non-hydrogen) atoms. The van der Waals surface area contributed by atoms with Crippen molar-refractivity contribution in [2.24, 2.45) is 5.10 Å². The molecule has 0 fully saturated rings. The van der Waals surface area contributed by atoms with Gasteiger partial charge in [0.1, 0.15) is 5.75 Å². The van der Waals surface area contributed by atoms with Crippen molar-refractivity contribution in [2.45, 2.75) is 0 Å². The summed E-state index contributed by atoms with van der Waals surface area (Å²) in [6.07, 6.45) is 1.46. The molecule has 4 aromatic carbocycles. The molecule has 4 rings (SSSR count). The van der Waals surface area contributed by atoms with Crippen LogP contribution >= 0.6 is 15.9 Å². The fourth-order valence-electron chi connectivity index (χ4n) is 3.21. The summed E-state index contributed by atoms with van der Waals surface area (Å²) < 4.78 is 17.2. The summed E-state index contributed by atoms with van der Waals surface area (Å²) in [4.78, 5) is 24.5. The highest BCUT2D eigenvalue weighted by atomic mass is 79.9. The molecule has 1 amide bonds. The number of hydrogen-bond donors (Lipinski definition) is 1. The fraction of sp³-hybridized carbons (Fsp3) is 0.0741. The number of methoxy groups -OCH3 is 1. The average Bonchev–Trinajstić information content (AvgIpc) is 2.88. The lowest BCUT2D eigenvalue weighted by molar-refractivity contribution is -0.123. The fourth-order valence-corrected chi connectivity index (χ4v) is 3.48. The Kier molecular flexibility index (Phi) is 7.74. The van der Waals surface area contributed by atoms with Crippen LogP contribution in [-0.2, 0) is 4.79 Å². The van der Waals surface area contributed by atoms with Gasteiger partial charge in [0.25, 0.3) is 5.91 Å². The van der Waals surface area contributed by atoms with E-state index in [1.165, 1.54) is 13.3 Å². The number of nitrogens with one attached hydrogen (secondary N) is 1. The SMILES string of the molecule is COc1cc(/C=N/NC(=O)COc2ccc3ccccc3c2)ccc1OC(=O)c1ccc(Br)cc1. The van der Waals surface area contributed by atoms with Gasteiger partial charge in [-0.15, -0.1) is 0 Å². The van der Waals surface area contributed by atoms with Crippen LogP contribution in [0.2, 0.25) is 0 Å². The van der Waals surface area contributed by atoms with Crippen LogP contribution in [0.25, 0.3) is 10.8 Å². The van der Waals surface area contributed by atoms with E-state index in [0.29, 0.717) is 22.6 Å². The molecule has 0 radical (unpaired) electrons. The second-order valence-electron chi connectivity index (χ2n) is 7.40. The first-order valence-electron chi connectivity index (χ1n) is 10.6. The monoisotopic (exact) mass is 532 g/mol. The maximum absolute atomic E-state index is 12.4. The van der Waals surface area contributed by atoms with Crippen molar-refractivity contribution in [1.29, 1.82) is 0 Å². The van der Waals surface area contributed by atoms with E-state index in [-0.39, 0.29) is 12.4 Å². The van der Waals surface area contributed by atoms with Gasteiger partial charge in [0, 0.05) is 4.47 Å². The van der Waals surface area contributed by atoms with Crippen molar-refractivity contribution in [1.82, 2.24) is 5.43 Å². The molecular weight excluding hydrogens is 512 g/mol. The number of rotatable bonds is 8. The van der Waals surface area contributed by atoms with Crippen LogP contribution in [-0.4, -0.2) is 31.8 Å². The molecule has 0 heterocycles. The van der Waals surface area contributed by atoms with Gasteiger partial charge in [-0.1, -0.05) is 46.3 Å². The lowest BCUT2D eigenvalue weighted by atomic mass is 10.1.